The van der Waals surface area contributed by atoms with E-state index in [1.807, 2.05) is 0 Å². The molecule has 0 bridgehead atoms. The van der Waals surface area contributed by atoms with Gasteiger partial charge in [0, 0.05) is 24.9 Å². The van der Waals surface area contributed by atoms with E-state index in [9.17, 15) is 13.2 Å². The Kier molecular flexibility index (Phi) is 4.52. The molecular formula is C13H16F3NO2. The number of benzene rings is 1. The van der Waals surface area contributed by atoms with Crippen LogP contribution in [0, 0.1) is 0 Å². The van der Waals surface area contributed by atoms with Crippen LogP contribution in [0.1, 0.15) is 19.3 Å². The van der Waals surface area contributed by atoms with Gasteiger partial charge in [0.1, 0.15) is 5.75 Å². The predicted octanol–water partition coefficient (Wildman–Crippen LogP) is 3.57. The molecule has 106 valence electrons. The molecule has 0 radical (unpaired) electrons. The molecule has 1 aliphatic rings. The van der Waals surface area contributed by atoms with Crippen molar-refractivity contribution in [2.45, 2.75) is 31.7 Å². The molecule has 1 fully saturated rings. The van der Waals surface area contributed by atoms with Crippen LogP contribution in [0.3, 0.4) is 0 Å². The van der Waals surface area contributed by atoms with Gasteiger partial charge in [-0.15, -0.1) is 13.2 Å². The van der Waals surface area contributed by atoms with Gasteiger partial charge in [0.05, 0.1) is 6.10 Å². The maximum absolute atomic E-state index is 12.1. The van der Waals surface area contributed by atoms with E-state index >= 15 is 0 Å². The average Bonchev–Trinajstić information content (AvgIpc) is 2.80. The van der Waals surface area contributed by atoms with Crippen LogP contribution < -0.4 is 10.1 Å². The summed E-state index contributed by atoms with van der Waals surface area (Å²) in [4.78, 5) is 0. The van der Waals surface area contributed by atoms with Crippen LogP contribution in [-0.2, 0) is 4.74 Å². The smallest absolute Gasteiger partial charge is 0.406 e. The molecule has 6 heteroatoms. The third-order valence-electron chi connectivity index (χ3n) is 2.89. The molecule has 0 amide bonds. The number of halogens is 3. The monoisotopic (exact) mass is 275 g/mol. The maximum atomic E-state index is 12.1. The molecule has 1 atom stereocenters. The molecular weight excluding hydrogens is 259 g/mol. The molecule has 0 saturated carbocycles. The van der Waals surface area contributed by atoms with Gasteiger partial charge in [-0.1, -0.05) is 6.07 Å². The van der Waals surface area contributed by atoms with E-state index in [-0.39, 0.29) is 11.9 Å². The van der Waals surface area contributed by atoms with Crippen LogP contribution in [0.2, 0.25) is 0 Å². The van der Waals surface area contributed by atoms with Crippen LogP contribution in [0.15, 0.2) is 24.3 Å². The highest BCUT2D eigenvalue weighted by molar-refractivity contribution is 5.48. The number of rotatable bonds is 5. The first kappa shape index (κ1) is 14.0. The first-order chi connectivity index (χ1) is 9.03. The van der Waals surface area contributed by atoms with E-state index in [2.05, 4.69) is 10.1 Å². The lowest BCUT2D eigenvalue weighted by Crippen LogP contribution is -2.17. The van der Waals surface area contributed by atoms with Crippen molar-refractivity contribution >= 4 is 5.69 Å². The summed E-state index contributed by atoms with van der Waals surface area (Å²) in [6.45, 7) is 1.47. The molecule has 3 nitrogen and oxygen atoms in total. The van der Waals surface area contributed by atoms with Crippen molar-refractivity contribution in [2.75, 3.05) is 18.5 Å². The summed E-state index contributed by atoms with van der Waals surface area (Å²) >= 11 is 0. The molecule has 1 aromatic rings. The molecule has 1 N–H and O–H groups in total. The maximum Gasteiger partial charge on any atom is 0.573 e. The van der Waals surface area contributed by atoms with Crippen molar-refractivity contribution in [1.82, 2.24) is 0 Å². The van der Waals surface area contributed by atoms with Crippen molar-refractivity contribution in [3.8, 4) is 5.75 Å². The predicted molar refractivity (Wildman–Crippen MR) is 65.2 cm³/mol. The fourth-order valence-electron chi connectivity index (χ4n) is 2.05. The minimum atomic E-state index is -4.66. The van der Waals surface area contributed by atoms with Crippen LogP contribution in [-0.4, -0.2) is 25.6 Å². The van der Waals surface area contributed by atoms with Crippen LogP contribution in [0.25, 0.3) is 0 Å². The Hall–Kier alpha value is -1.43. The molecule has 1 saturated heterocycles. The van der Waals surface area contributed by atoms with Crippen molar-refractivity contribution in [2.24, 2.45) is 0 Å². The SMILES string of the molecule is FC(F)(F)Oc1cccc(NCCC2CCCO2)c1. The van der Waals surface area contributed by atoms with E-state index in [1.165, 1.54) is 18.2 Å². The summed E-state index contributed by atoms with van der Waals surface area (Å²) in [6, 6.07) is 5.84. The van der Waals surface area contributed by atoms with Crippen LogP contribution in [0.4, 0.5) is 18.9 Å². The number of hydrogen-bond donors (Lipinski definition) is 1. The van der Waals surface area contributed by atoms with Crippen molar-refractivity contribution in [1.29, 1.82) is 0 Å². The lowest BCUT2D eigenvalue weighted by molar-refractivity contribution is -0.274. The van der Waals surface area contributed by atoms with Crippen LogP contribution >= 0.6 is 0 Å². The van der Waals surface area contributed by atoms with E-state index in [4.69, 9.17) is 4.74 Å². The number of anilines is 1. The normalized spacial score (nSPS) is 19.4. The van der Waals surface area contributed by atoms with Crippen molar-refractivity contribution < 1.29 is 22.6 Å². The second kappa shape index (κ2) is 6.14. The van der Waals surface area contributed by atoms with Crippen LogP contribution in [0.5, 0.6) is 5.75 Å². The number of nitrogens with one attached hydrogen (secondary N) is 1. The van der Waals surface area contributed by atoms with Gasteiger partial charge < -0.3 is 14.8 Å². The van der Waals surface area contributed by atoms with Gasteiger partial charge in [0.25, 0.3) is 0 Å². The second-order valence-electron chi connectivity index (χ2n) is 4.43. The van der Waals surface area contributed by atoms with E-state index in [1.54, 1.807) is 6.07 Å². The third kappa shape index (κ3) is 4.98. The Morgan fingerprint density at radius 1 is 1.37 bits per heavy atom. The largest absolute Gasteiger partial charge is 0.573 e. The molecule has 1 unspecified atom stereocenters. The Morgan fingerprint density at radius 2 is 2.21 bits per heavy atom. The van der Waals surface area contributed by atoms with Gasteiger partial charge in [0.2, 0.25) is 0 Å². The minimum Gasteiger partial charge on any atom is -0.406 e. The van der Waals surface area contributed by atoms with Gasteiger partial charge in [-0.3, -0.25) is 0 Å². The highest BCUT2D eigenvalue weighted by Gasteiger charge is 2.31. The Bertz CT molecular complexity index is 403. The van der Waals surface area contributed by atoms with E-state index in [0.717, 1.165) is 25.9 Å². The van der Waals surface area contributed by atoms with E-state index < -0.39 is 6.36 Å². The van der Waals surface area contributed by atoms with Gasteiger partial charge in [-0.25, -0.2) is 0 Å². The highest BCUT2D eigenvalue weighted by Crippen LogP contribution is 2.25. The van der Waals surface area contributed by atoms with E-state index in [0.29, 0.717) is 12.2 Å². The summed E-state index contributed by atoms with van der Waals surface area (Å²) in [7, 11) is 0. The fraction of sp³-hybridized carbons (Fsp3) is 0.538. The zero-order valence-corrected chi connectivity index (χ0v) is 10.4. The number of alkyl halides is 3. The Balaban J connectivity index is 1.81. The lowest BCUT2D eigenvalue weighted by Gasteiger charge is -2.13. The number of hydrogen-bond acceptors (Lipinski definition) is 3. The fourth-order valence-corrected chi connectivity index (χ4v) is 2.05. The molecule has 0 spiro atoms. The topological polar surface area (TPSA) is 30.5 Å². The Labute approximate surface area is 109 Å². The van der Waals surface area contributed by atoms with Gasteiger partial charge >= 0.3 is 6.36 Å². The van der Waals surface area contributed by atoms with Gasteiger partial charge in [-0.2, -0.15) is 0 Å². The third-order valence-corrected chi connectivity index (χ3v) is 2.89. The minimum absolute atomic E-state index is 0.213. The molecule has 0 aromatic heterocycles. The first-order valence-electron chi connectivity index (χ1n) is 6.24. The molecule has 19 heavy (non-hydrogen) atoms. The standard InChI is InChI=1S/C13H16F3NO2/c14-13(15,16)19-12-4-1-3-10(9-12)17-7-6-11-5-2-8-18-11/h1,3-4,9,11,17H,2,5-8H2. The van der Waals surface area contributed by atoms with Gasteiger partial charge in [-0.05, 0) is 31.4 Å². The van der Waals surface area contributed by atoms with Gasteiger partial charge in [0.15, 0.2) is 0 Å². The second-order valence-corrected chi connectivity index (χ2v) is 4.43. The molecule has 1 aromatic carbocycles. The summed E-state index contributed by atoms with van der Waals surface area (Å²) in [5.41, 5.74) is 0.611. The number of ether oxygens (including phenoxy) is 2. The van der Waals surface area contributed by atoms with Crippen molar-refractivity contribution in [3.63, 3.8) is 0 Å². The summed E-state index contributed by atoms with van der Waals surface area (Å²) < 4.78 is 45.5. The summed E-state index contributed by atoms with van der Waals surface area (Å²) in [6.07, 6.45) is -1.40. The Morgan fingerprint density at radius 3 is 2.89 bits per heavy atom. The average molecular weight is 275 g/mol. The lowest BCUT2D eigenvalue weighted by atomic mass is 10.2. The molecule has 1 heterocycles. The molecule has 2 rings (SSSR count). The molecule has 0 aliphatic carbocycles. The summed E-state index contributed by atoms with van der Waals surface area (Å²) in [5, 5.41) is 3.07. The zero-order valence-electron chi connectivity index (χ0n) is 10.4. The quantitative estimate of drug-likeness (QED) is 0.891. The first-order valence-corrected chi connectivity index (χ1v) is 6.24. The van der Waals surface area contributed by atoms with Crippen molar-refractivity contribution in [3.05, 3.63) is 24.3 Å². The summed E-state index contributed by atoms with van der Waals surface area (Å²) in [5.74, 6) is -0.213. The highest BCUT2D eigenvalue weighted by atomic mass is 19.4. The zero-order chi connectivity index (χ0) is 13.7. The molecule has 1 aliphatic heterocycles.